The topological polar surface area (TPSA) is 15.3 Å². The first-order chi connectivity index (χ1) is 6.47. The molecule has 0 aliphatic carbocycles. The molecule has 0 saturated carbocycles. The van der Waals surface area contributed by atoms with E-state index in [-0.39, 0.29) is 0 Å². The summed E-state index contributed by atoms with van der Waals surface area (Å²) in [4.78, 5) is 2.69. The Morgan fingerprint density at radius 3 is 2.57 bits per heavy atom. The van der Waals surface area contributed by atoms with Crippen LogP contribution in [0.3, 0.4) is 0 Å². The van der Waals surface area contributed by atoms with Crippen LogP contribution in [0.2, 0.25) is 0 Å². The van der Waals surface area contributed by atoms with E-state index in [1.807, 2.05) is 0 Å². The molecule has 0 spiro atoms. The van der Waals surface area contributed by atoms with Gasteiger partial charge in [0.25, 0.3) is 0 Å². The third kappa shape index (κ3) is 1.96. The molecule has 0 aromatic rings. The smallest absolute Gasteiger partial charge is 0.0224 e. The van der Waals surface area contributed by atoms with Crippen LogP contribution in [0.25, 0.3) is 0 Å². The number of fused-ring (bicyclic) bond motifs is 1. The van der Waals surface area contributed by atoms with Gasteiger partial charge < -0.3 is 5.32 Å². The van der Waals surface area contributed by atoms with Crippen LogP contribution >= 0.6 is 0 Å². The lowest BCUT2D eigenvalue weighted by molar-refractivity contribution is 0.171. The summed E-state index contributed by atoms with van der Waals surface area (Å²) in [7, 11) is 0. The van der Waals surface area contributed by atoms with Crippen molar-refractivity contribution < 1.29 is 0 Å². The van der Waals surface area contributed by atoms with E-state index >= 15 is 0 Å². The SMILES string of the molecule is C[C@H]1CN2CC(C(C)(C)C)C[C@H]2CN1. The zero-order chi connectivity index (χ0) is 10.3. The molecule has 0 radical (unpaired) electrons. The van der Waals surface area contributed by atoms with Crippen LogP contribution in [0.15, 0.2) is 0 Å². The molecule has 0 aromatic heterocycles. The molecule has 1 N–H and O–H groups in total. The first-order valence-corrected chi connectivity index (χ1v) is 5.94. The summed E-state index contributed by atoms with van der Waals surface area (Å²) in [6, 6.07) is 1.50. The maximum atomic E-state index is 3.58. The van der Waals surface area contributed by atoms with Crippen molar-refractivity contribution in [3.8, 4) is 0 Å². The predicted molar refractivity (Wildman–Crippen MR) is 60.4 cm³/mol. The van der Waals surface area contributed by atoms with Crippen molar-refractivity contribution in [2.24, 2.45) is 11.3 Å². The summed E-state index contributed by atoms with van der Waals surface area (Å²) in [6.07, 6.45) is 1.39. The molecule has 0 amide bonds. The molecular formula is C12H24N2. The molecule has 2 heterocycles. The maximum absolute atomic E-state index is 3.58. The van der Waals surface area contributed by atoms with Gasteiger partial charge in [0.1, 0.15) is 0 Å². The second-order valence-corrected chi connectivity index (χ2v) is 6.22. The number of rotatable bonds is 0. The normalized spacial score (nSPS) is 39.9. The average molecular weight is 196 g/mol. The average Bonchev–Trinajstić information content (AvgIpc) is 2.45. The molecule has 3 atom stereocenters. The van der Waals surface area contributed by atoms with Crippen molar-refractivity contribution in [3.05, 3.63) is 0 Å². The molecule has 2 rings (SSSR count). The minimum atomic E-state index is 0.487. The summed E-state index contributed by atoms with van der Waals surface area (Å²) in [6.45, 7) is 13.2. The minimum absolute atomic E-state index is 0.487. The van der Waals surface area contributed by atoms with Gasteiger partial charge in [-0.1, -0.05) is 20.8 Å². The molecule has 2 aliphatic rings. The Morgan fingerprint density at radius 1 is 1.21 bits per heavy atom. The van der Waals surface area contributed by atoms with Crippen LogP contribution < -0.4 is 5.32 Å². The van der Waals surface area contributed by atoms with Crippen molar-refractivity contribution in [1.29, 1.82) is 0 Å². The fraction of sp³-hybridized carbons (Fsp3) is 1.00. The Morgan fingerprint density at radius 2 is 1.93 bits per heavy atom. The van der Waals surface area contributed by atoms with Crippen LogP contribution in [0.1, 0.15) is 34.1 Å². The lowest BCUT2D eigenvalue weighted by Crippen LogP contribution is -2.52. The van der Waals surface area contributed by atoms with Crippen molar-refractivity contribution >= 4 is 0 Å². The molecule has 14 heavy (non-hydrogen) atoms. The highest BCUT2D eigenvalue weighted by Crippen LogP contribution is 2.37. The standard InChI is InChI=1S/C12H24N2/c1-9-7-14-8-10(12(2,3)4)5-11(14)6-13-9/h9-11,13H,5-8H2,1-4H3/t9-,10?,11-/m0/s1. The number of nitrogens with one attached hydrogen (secondary N) is 1. The lowest BCUT2D eigenvalue weighted by Gasteiger charge is -2.34. The monoisotopic (exact) mass is 196 g/mol. The molecular weight excluding hydrogens is 172 g/mol. The van der Waals surface area contributed by atoms with Crippen LogP contribution in [0.4, 0.5) is 0 Å². The van der Waals surface area contributed by atoms with Crippen LogP contribution in [0, 0.1) is 11.3 Å². The minimum Gasteiger partial charge on any atom is -0.311 e. The van der Waals surface area contributed by atoms with E-state index in [0.29, 0.717) is 11.5 Å². The highest BCUT2D eigenvalue weighted by molar-refractivity contribution is 4.95. The number of hydrogen-bond donors (Lipinski definition) is 1. The summed E-state index contributed by atoms with van der Waals surface area (Å²) < 4.78 is 0. The highest BCUT2D eigenvalue weighted by atomic mass is 15.3. The van der Waals surface area contributed by atoms with Gasteiger partial charge in [0.2, 0.25) is 0 Å². The maximum Gasteiger partial charge on any atom is 0.0224 e. The molecule has 0 aromatic carbocycles. The van der Waals surface area contributed by atoms with Gasteiger partial charge in [-0.05, 0) is 24.7 Å². The highest BCUT2D eigenvalue weighted by Gasteiger charge is 2.39. The zero-order valence-electron chi connectivity index (χ0n) is 10.0. The molecule has 2 aliphatic heterocycles. The van der Waals surface area contributed by atoms with E-state index in [1.54, 1.807) is 0 Å². The third-order valence-corrected chi connectivity index (χ3v) is 3.96. The molecule has 2 nitrogen and oxygen atoms in total. The Balaban J connectivity index is 1.99. The largest absolute Gasteiger partial charge is 0.311 e. The Hall–Kier alpha value is -0.0800. The molecule has 2 fully saturated rings. The summed E-state index contributed by atoms with van der Waals surface area (Å²) in [5.74, 6) is 0.889. The van der Waals surface area contributed by atoms with Gasteiger partial charge in [-0.25, -0.2) is 0 Å². The Kier molecular flexibility index (Phi) is 2.61. The fourth-order valence-corrected chi connectivity index (χ4v) is 2.80. The quantitative estimate of drug-likeness (QED) is 0.634. The van der Waals surface area contributed by atoms with Crippen molar-refractivity contribution in [2.75, 3.05) is 19.6 Å². The van der Waals surface area contributed by atoms with Gasteiger partial charge in [-0.3, -0.25) is 4.90 Å². The van der Waals surface area contributed by atoms with Crippen LogP contribution in [-0.4, -0.2) is 36.6 Å². The second-order valence-electron chi connectivity index (χ2n) is 6.22. The number of nitrogens with zero attached hydrogens (tertiary/aromatic N) is 1. The molecule has 1 unspecified atom stereocenters. The van der Waals surface area contributed by atoms with E-state index in [0.717, 1.165) is 12.0 Å². The zero-order valence-corrected chi connectivity index (χ0v) is 10.0. The number of hydrogen-bond acceptors (Lipinski definition) is 2. The van der Waals surface area contributed by atoms with E-state index < -0.39 is 0 Å². The van der Waals surface area contributed by atoms with Gasteiger partial charge in [0, 0.05) is 31.7 Å². The second kappa shape index (κ2) is 3.49. The summed E-state index contributed by atoms with van der Waals surface area (Å²) >= 11 is 0. The Labute approximate surface area is 88.1 Å². The van der Waals surface area contributed by atoms with Gasteiger partial charge in [0.15, 0.2) is 0 Å². The van der Waals surface area contributed by atoms with Crippen molar-refractivity contribution in [2.45, 2.75) is 46.2 Å². The first kappa shape index (κ1) is 10.4. The predicted octanol–water partition coefficient (Wildman–Crippen LogP) is 1.71. The van der Waals surface area contributed by atoms with Gasteiger partial charge in [-0.15, -0.1) is 0 Å². The van der Waals surface area contributed by atoms with E-state index in [4.69, 9.17) is 0 Å². The van der Waals surface area contributed by atoms with Gasteiger partial charge in [-0.2, -0.15) is 0 Å². The molecule has 2 heteroatoms. The summed E-state index contributed by atoms with van der Waals surface area (Å²) in [5.41, 5.74) is 0.487. The van der Waals surface area contributed by atoms with Gasteiger partial charge >= 0.3 is 0 Å². The van der Waals surface area contributed by atoms with E-state index in [9.17, 15) is 0 Å². The third-order valence-electron chi connectivity index (χ3n) is 3.96. The van der Waals surface area contributed by atoms with Crippen LogP contribution in [-0.2, 0) is 0 Å². The number of piperazine rings is 1. The molecule has 2 saturated heterocycles. The van der Waals surface area contributed by atoms with Crippen molar-refractivity contribution in [3.63, 3.8) is 0 Å². The van der Waals surface area contributed by atoms with Crippen LogP contribution in [0.5, 0.6) is 0 Å². The first-order valence-electron chi connectivity index (χ1n) is 5.94. The summed E-state index contributed by atoms with van der Waals surface area (Å²) in [5, 5.41) is 3.58. The van der Waals surface area contributed by atoms with E-state index in [1.165, 1.54) is 26.1 Å². The fourth-order valence-electron chi connectivity index (χ4n) is 2.80. The van der Waals surface area contributed by atoms with Gasteiger partial charge in [0.05, 0.1) is 0 Å². The molecule has 0 bridgehead atoms. The Bertz CT molecular complexity index is 207. The molecule has 82 valence electrons. The van der Waals surface area contributed by atoms with E-state index in [2.05, 4.69) is 37.9 Å². The lowest BCUT2D eigenvalue weighted by atomic mass is 9.79. The van der Waals surface area contributed by atoms with Crippen molar-refractivity contribution in [1.82, 2.24) is 10.2 Å².